The number of nitrogens with one attached hydrogen (secondary N) is 2. The third-order valence-electron chi connectivity index (χ3n) is 4.61. The number of benzene rings is 1. The van der Waals surface area contributed by atoms with Crippen LogP contribution in [0, 0.1) is 17.2 Å². The molecular weight excluding hydrogens is 404 g/mol. The molecule has 0 aliphatic carbocycles. The van der Waals surface area contributed by atoms with Crippen LogP contribution in [0.1, 0.15) is 25.8 Å². The predicted octanol–water partition coefficient (Wildman–Crippen LogP) is 1.40. The second kappa shape index (κ2) is 12.3. The Labute approximate surface area is 180 Å². The Morgan fingerprint density at radius 2 is 1.87 bits per heavy atom. The van der Waals surface area contributed by atoms with Gasteiger partial charge in [0.2, 0.25) is 5.91 Å². The molecule has 0 aromatic heterocycles. The monoisotopic (exact) mass is 434 g/mol. The maximum Gasteiger partial charge on any atom is 0.318 e. The Balaban J connectivity index is 1.93. The summed E-state index contributed by atoms with van der Waals surface area (Å²) in [7, 11) is -1.30. The van der Waals surface area contributed by atoms with Crippen LogP contribution in [0.2, 0.25) is 0 Å². The van der Waals surface area contributed by atoms with Crippen molar-refractivity contribution in [2.45, 2.75) is 38.1 Å². The topological polar surface area (TPSA) is 112 Å². The Morgan fingerprint density at radius 1 is 1.20 bits per heavy atom. The van der Waals surface area contributed by atoms with Gasteiger partial charge in [-0.1, -0.05) is 44.2 Å². The Kier molecular flexibility index (Phi) is 9.77. The number of hydrogen-bond acceptors (Lipinski definition) is 5. The van der Waals surface area contributed by atoms with Crippen molar-refractivity contribution < 1.29 is 18.5 Å². The van der Waals surface area contributed by atoms with Crippen molar-refractivity contribution >= 4 is 22.7 Å². The zero-order valence-corrected chi connectivity index (χ0v) is 18.3. The SMILES string of the molecule is CC(C)C[C@H](NC(=O)N1CCOCC1)C(=O)N[C@H](C#N)CS(=O)Cc1ccccc1. The summed E-state index contributed by atoms with van der Waals surface area (Å²) >= 11 is 0. The van der Waals surface area contributed by atoms with Crippen LogP contribution >= 0.6 is 0 Å². The molecule has 1 fully saturated rings. The summed E-state index contributed by atoms with van der Waals surface area (Å²) in [6.45, 7) is 5.80. The largest absolute Gasteiger partial charge is 0.378 e. The molecule has 164 valence electrons. The average molecular weight is 435 g/mol. The molecule has 1 aromatic rings. The molecule has 1 aliphatic rings. The number of nitrogens with zero attached hydrogens (tertiary/aromatic N) is 2. The van der Waals surface area contributed by atoms with Crippen LogP contribution in [-0.4, -0.2) is 65.2 Å². The number of morpholine rings is 1. The number of hydrogen-bond donors (Lipinski definition) is 2. The Bertz CT molecular complexity index is 760. The van der Waals surface area contributed by atoms with E-state index in [0.717, 1.165) is 5.56 Å². The summed E-state index contributed by atoms with van der Waals surface area (Å²) in [6, 6.07) is 9.39. The average Bonchev–Trinajstić information content (AvgIpc) is 2.73. The van der Waals surface area contributed by atoms with E-state index in [1.165, 1.54) is 0 Å². The molecule has 2 rings (SSSR count). The highest BCUT2D eigenvalue weighted by molar-refractivity contribution is 7.84. The lowest BCUT2D eigenvalue weighted by atomic mass is 10.0. The first-order valence-corrected chi connectivity index (χ1v) is 11.6. The van der Waals surface area contributed by atoms with Gasteiger partial charge in [0.1, 0.15) is 12.1 Å². The van der Waals surface area contributed by atoms with Crippen molar-refractivity contribution in [2.24, 2.45) is 5.92 Å². The summed E-state index contributed by atoms with van der Waals surface area (Å²) in [5.41, 5.74) is 0.911. The van der Waals surface area contributed by atoms with E-state index < -0.39 is 28.8 Å². The van der Waals surface area contributed by atoms with Crippen molar-refractivity contribution in [3.8, 4) is 6.07 Å². The minimum absolute atomic E-state index is 0.0307. The van der Waals surface area contributed by atoms with Crippen molar-refractivity contribution in [3.05, 3.63) is 35.9 Å². The van der Waals surface area contributed by atoms with Gasteiger partial charge in [0.15, 0.2) is 0 Å². The molecule has 1 heterocycles. The lowest BCUT2D eigenvalue weighted by molar-refractivity contribution is -0.123. The summed E-state index contributed by atoms with van der Waals surface area (Å²) < 4.78 is 17.7. The quantitative estimate of drug-likeness (QED) is 0.610. The fourth-order valence-electron chi connectivity index (χ4n) is 3.10. The van der Waals surface area contributed by atoms with Crippen molar-refractivity contribution in [1.29, 1.82) is 5.26 Å². The molecule has 0 radical (unpaired) electrons. The van der Waals surface area contributed by atoms with Gasteiger partial charge < -0.3 is 20.3 Å². The van der Waals surface area contributed by atoms with Crippen LogP contribution in [0.4, 0.5) is 4.79 Å². The van der Waals surface area contributed by atoms with Crippen molar-refractivity contribution in [2.75, 3.05) is 32.1 Å². The van der Waals surface area contributed by atoms with Crippen LogP contribution < -0.4 is 10.6 Å². The van der Waals surface area contributed by atoms with Crippen LogP contribution in [0.5, 0.6) is 0 Å². The lowest BCUT2D eigenvalue weighted by Gasteiger charge is -2.29. The first kappa shape index (κ1) is 23.8. The van der Waals surface area contributed by atoms with E-state index in [0.29, 0.717) is 38.5 Å². The maximum atomic E-state index is 12.8. The molecule has 1 unspecified atom stereocenters. The first-order valence-electron chi connectivity index (χ1n) is 10.1. The number of amides is 3. The standard InChI is InChI=1S/C21H30N4O4S/c1-16(2)12-19(24-21(27)25-8-10-29-11-9-25)20(26)23-18(13-22)15-30(28)14-17-6-4-3-5-7-17/h3-7,16,18-19H,8-12,14-15H2,1-2H3,(H,23,26)(H,24,27)/t18-,19+,30?/m1/s1. The van der Waals surface area contributed by atoms with Crippen molar-refractivity contribution in [1.82, 2.24) is 15.5 Å². The Hall–Kier alpha value is -2.44. The molecule has 3 atom stereocenters. The minimum atomic E-state index is -1.30. The van der Waals surface area contributed by atoms with Gasteiger partial charge in [-0.3, -0.25) is 9.00 Å². The van der Waals surface area contributed by atoms with Crippen LogP contribution in [0.15, 0.2) is 30.3 Å². The number of urea groups is 1. The Morgan fingerprint density at radius 3 is 2.47 bits per heavy atom. The zero-order valence-electron chi connectivity index (χ0n) is 17.5. The number of rotatable bonds is 9. The van der Waals surface area contributed by atoms with Crippen LogP contribution in [-0.2, 0) is 26.1 Å². The van der Waals surface area contributed by atoms with E-state index in [1.807, 2.05) is 50.2 Å². The first-order chi connectivity index (χ1) is 14.4. The summed E-state index contributed by atoms with van der Waals surface area (Å²) in [5, 5.41) is 14.9. The fourth-order valence-corrected chi connectivity index (χ4v) is 4.31. The van der Waals surface area contributed by atoms with E-state index in [2.05, 4.69) is 10.6 Å². The van der Waals surface area contributed by atoms with E-state index in [1.54, 1.807) is 4.90 Å². The van der Waals surface area contributed by atoms with Gasteiger partial charge in [-0.05, 0) is 17.9 Å². The molecule has 30 heavy (non-hydrogen) atoms. The second-order valence-electron chi connectivity index (χ2n) is 7.66. The number of ether oxygens (including phenoxy) is 1. The van der Waals surface area contributed by atoms with E-state index in [4.69, 9.17) is 4.74 Å². The molecule has 0 saturated carbocycles. The highest BCUT2D eigenvalue weighted by Crippen LogP contribution is 2.08. The third-order valence-corrected chi connectivity index (χ3v) is 5.98. The molecule has 3 amide bonds. The van der Waals surface area contributed by atoms with E-state index in [-0.39, 0.29) is 17.7 Å². The highest BCUT2D eigenvalue weighted by atomic mass is 32.2. The van der Waals surface area contributed by atoms with Gasteiger partial charge in [-0.25, -0.2) is 4.79 Å². The van der Waals surface area contributed by atoms with Gasteiger partial charge in [0, 0.05) is 29.6 Å². The van der Waals surface area contributed by atoms with Gasteiger partial charge in [0.05, 0.1) is 25.0 Å². The fraction of sp³-hybridized carbons (Fsp3) is 0.571. The van der Waals surface area contributed by atoms with Gasteiger partial charge in [0.25, 0.3) is 0 Å². The summed E-state index contributed by atoms with van der Waals surface area (Å²) in [4.78, 5) is 26.9. The maximum absolute atomic E-state index is 12.8. The third kappa shape index (κ3) is 8.13. The van der Waals surface area contributed by atoms with Gasteiger partial charge in [-0.15, -0.1) is 0 Å². The zero-order chi connectivity index (χ0) is 21.9. The summed E-state index contributed by atoms with van der Waals surface area (Å²) in [5.74, 6) is 0.0770. The molecule has 8 nitrogen and oxygen atoms in total. The molecule has 1 aromatic carbocycles. The van der Waals surface area contributed by atoms with Gasteiger partial charge in [-0.2, -0.15) is 5.26 Å². The second-order valence-corrected chi connectivity index (χ2v) is 9.16. The highest BCUT2D eigenvalue weighted by Gasteiger charge is 2.27. The van der Waals surface area contributed by atoms with E-state index in [9.17, 15) is 19.1 Å². The van der Waals surface area contributed by atoms with Crippen LogP contribution in [0.25, 0.3) is 0 Å². The molecule has 0 spiro atoms. The van der Waals surface area contributed by atoms with Crippen molar-refractivity contribution in [3.63, 3.8) is 0 Å². The lowest BCUT2D eigenvalue weighted by Crippen LogP contribution is -2.55. The molecule has 1 aliphatic heterocycles. The number of carbonyl (C=O) groups excluding carboxylic acids is 2. The van der Waals surface area contributed by atoms with Crippen LogP contribution in [0.3, 0.4) is 0 Å². The molecule has 1 saturated heterocycles. The normalized spacial score (nSPS) is 16.9. The molecule has 9 heteroatoms. The molecule has 2 N–H and O–H groups in total. The predicted molar refractivity (Wildman–Crippen MR) is 115 cm³/mol. The number of carbonyl (C=O) groups is 2. The van der Waals surface area contributed by atoms with Gasteiger partial charge >= 0.3 is 6.03 Å². The number of nitriles is 1. The molecular formula is C21H30N4O4S. The molecule has 0 bridgehead atoms. The smallest absolute Gasteiger partial charge is 0.318 e. The van der Waals surface area contributed by atoms with E-state index >= 15 is 0 Å². The minimum Gasteiger partial charge on any atom is -0.378 e. The summed E-state index contributed by atoms with van der Waals surface area (Å²) in [6.07, 6.45) is 0.438.